The lowest BCUT2D eigenvalue weighted by Crippen LogP contribution is -2.54. The van der Waals surface area contributed by atoms with Gasteiger partial charge in [-0.05, 0) is 32.6 Å². The Morgan fingerprint density at radius 3 is 2.47 bits per heavy atom. The summed E-state index contributed by atoms with van der Waals surface area (Å²) in [6.07, 6.45) is -1.30. The second-order valence-electron chi connectivity index (χ2n) is 5.00. The molecule has 0 spiro atoms. The molecule has 0 aromatic rings. The number of alkyl halides is 1. The van der Waals surface area contributed by atoms with Gasteiger partial charge in [0, 0.05) is 0 Å². The Morgan fingerprint density at radius 1 is 1.53 bits per heavy atom. The molecule has 1 fully saturated rings. The van der Waals surface area contributed by atoms with Gasteiger partial charge in [0.15, 0.2) is 0 Å². The number of hydrogen-bond acceptors (Lipinski definition) is 4. The normalized spacial score (nSPS) is 39.0. The van der Waals surface area contributed by atoms with E-state index in [0.29, 0.717) is 0 Å². The van der Waals surface area contributed by atoms with Gasteiger partial charge in [0.1, 0.15) is 17.9 Å². The standard InChI is InChI=1S/C11H19FO4S/c1-7(2)8-5-9(12)11(3,13)10(6-8)16-17(4,14)15/h8-10,13H,1,5-6H2,2-4H3/t8-,9-,10+,11+/m0/s1. The predicted molar refractivity (Wildman–Crippen MR) is 62.8 cm³/mol. The number of rotatable bonds is 3. The van der Waals surface area contributed by atoms with Crippen LogP contribution in [0.15, 0.2) is 12.2 Å². The number of hydrogen-bond donors (Lipinski definition) is 1. The van der Waals surface area contributed by atoms with Crippen molar-refractivity contribution in [1.82, 2.24) is 0 Å². The number of aliphatic hydroxyl groups is 1. The van der Waals surface area contributed by atoms with Crippen LogP contribution in [0.25, 0.3) is 0 Å². The summed E-state index contributed by atoms with van der Waals surface area (Å²) in [5.74, 6) is -0.169. The zero-order valence-corrected chi connectivity index (χ0v) is 11.1. The lowest BCUT2D eigenvalue weighted by molar-refractivity contribution is -0.127. The molecule has 0 radical (unpaired) electrons. The van der Waals surface area contributed by atoms with Gasteiger partial charge < -0.3 is 5.11 Å². The fourth-order valence-corrected chi connectivity index (χ4v) is 2.73. The van der Waals surface area contributed by atoms with Gasteiger partial charge in [0.2, 0.25) is 0 Å². The van der Waals surface area contributed by atoms with Crippen molar-refractivity contribution in [2.45, 2.75) is 44.6 Å². The first-order valence-electron chi connectivity index (χ1n) is 5.44. The summed E-state index contributed by atoms with van der Waals surface area (Å²) in [6, 6.07) is 0. The van der Waals surface area contributed by atoms with E-state index in [1.165, 1.54) is 6.92 Å². The van der Waals surface area contributed by atoms with Crippen molar-refractivity contribution in [2.75, 3.05) is 6.26 Å². The molecule has 4 nitrogen and oxygen atoms in total. The topological polar surface area (TPSA) is 63.6 Å². The van der Waals surface area contributed by atoms with Crippen LogP contribution in [0.5, 0.6) is 0 Å². The van der Waals surface area contributed by atoms with Crippen LogP contribution in [0.2, 0.25) is 0 Å². The van der Waals surface area contributed by atoms with E-state index in [-0.39, 0.29) is 18.8 Å². The first-order chi connectivity index (χ1) is 7.54. The van der Waals surface area contributed by atoms with Crippen LogP contribution in [-0.2, 0) is 14.3 Å². The van der Waals surface area contributed by atoms with Crippen LogP contribution in [0.4, 0.5) is 4.39 Å². The largest absolute Gasteiger partial charge is 0.384 e. The van der Waals surface area contributed by atoms with Crippen LogP contribution in [-0.4, -0.2) is 37.7 Å². The summed E-state index contributed by atoms with van der Waals surface area (Å²) in [5.41, 5.74) is -1.01. The first kappa shape index (κ1) is 14.6. The van der Waals surface area contributed by atoms with Gasteiger partial charge in [-0.1, -0.05) is 12.2 Å². The molecular weight excluding hydrogens is 247 g/mol. The fourth-order valence-electron chi connectivity index (χ4n) is 2.03. The lowest BCUT2D eigenvalue weighted by atomic mass is 9.74. The van der Waals surface area contributed by atoms with Crippen molar-refractivity contribution in [2.24, 2.45) is 5.92 Å². The molecule has 1 N–H and O–H groups in total. The second kappa shape index (κ2) is 4.66. The van der Waals surface area contributed by atoms with Gasteiger partial charge in [-0.25, -0.2) is 4.39 Å². The van der Waals surface area contributed by atoms with Gasteiger partial charge in [-0.2, -0.15) is 8.42 Å². The van der Waals surface area contributed by atoms with Gasteiger partial charge in [0.25, 0.3) is 10.1 Å². The van der Waals surface area contributed by atoms with Crippen molar-refractivity contribution >= 4 is 10.1 Å². The van der Waals surface area contributed by atoms with E-state index in [1.54, 1.807) is 6.92 Å². The number of allylic oxidation sites excluding steroid dienone is 1. The maximum Gasteiger partial charge on any atom is 0.264 e. The highest BCUT2D eigenvalue weighted by molar-refractivity contribution is 7.86. The number of halogens is 1. The zero-order valence-electron chi connectivity index (χ0n) is 10.3. The Morgan fingerprint density at radius 2 is 2.06 bits per heavy atom. The Kier molecular flexibility index (Phi) is 4.01. The molecule has 0 amide bonds. The summed E-state index contributed by atoms with van der Waals surface area (Å²) in [6.45, 7) is 6.76. The quantitative estimate of drug-likeness (QED) is 0.619. The Bertz CT molecular complexity index is 402. The molecule has 6 heteroatoms. The minimum atomic E-state index is -3.72. The lowest BCUT2D eigenvalue weighted by Gasteiger charge is -2.42. The van der Waals surface area contributed by atoms with Crippen LogP contribution in [0.3, 0.4) is 0 Å². The van der Waals surface area contributed by atoms with Crippen molar-refractivity contribution < 1.29 is 22.1 Å². The van der Waals surface area contributed by atoms with Crippen LogP contribution in [0, 0.1) is 5.92 Å². The van der Waals surface area contributed by atoms with E-state index in [1.807, 2.05) is 0 Å². The van der Waals surface area contributed by atoms with E-state index in [9.17, 15) is 17.9 Å². The third-order valence-electron chi connectivity index (χ3n) is 3.26. The highest BCUT2D eigenvalue weighted by Crippen LogP contribution is 2.39. The molecule has 0 aromatic carbocycles. The maximum atomic E-state index is 13.8. The summed E-state index contributed by atoms with van der Waals surface area (Å²) in [5, 5.41) is 9.97. The third-order valence-corrected chi connectivity index (χ3v) is 3.85. The van der Waals surface area contributed by atoms with Gasteiger partial charge in [0.05, 0.1) is 6.26 Å². The Balaban J connectivity index is 2.94. The van der Waals surface area contributed by atoms with Gasteiger partial charge >= 0.3 is 0 Å². The molecular formula is C11H19FO4S. The minimum absolute atomic E-state index is 0.145. The molecule has 4 atom stereocenters. The van der Waals surface area contributed by atoms with E-state index >= 15 is 0 Å². The average Bonchev–Trinajstić information content (AvgIpc) is 2.10. The average molecular weight is 266 g/mol. The predicted octanol–water partition coefficient (Wildman–Crippen LogP) is 1.41. The van der Waals surface area contributed by atoms with Crippen molar-refractivity contribution in [1.29, 1.82) is 0 Å². The third kappa shape index (κ3) is 3.50. The molecule has 0 heterocycles. The van der Waals surface area contributed by atoms with E-state index in [2.05, 4.69) is 6.58 Å². The van der Waals surface area contributed by atoms with E-state index < -0.39 is 28.0 Å². The highest BCUT2D eigenvalue weighted by Gasteiger charge is 2.48. The Hall–Kier alpha value is -0.460. The van der Waals surface area contributed by atoms with Gasteiger partial charge in [-0.15, -0.1) is 0 Å². The van der Waals surface area contributed by atoms with Crippen LogP contribution >= 0.6 is 0 Å². The smallest absolute Gasteiger partial charge is 0.264 e. The SMILES string of the molecule is C=C(C)[C@H]1C[C@H](F)[C@@](C)(O)[C@H](OS(C)(=O)=O)C1. The minimum Gasteiger partial charge on any atom is -0.384 e. The van der Waals surface area contributed by atoms with Crippen LogP contribution < -0.4 is 0 Å². The molecule has 100 valence electrons. The van der Waals surface area contributed by atoms with Crippen molar-refractivity contribution in [3.8, 4) is 0 Å². The molecule has 17 heavy (non-hydrogen) atoms. The molecule has 1 rings (SSSR count). The first-order valence-corrected chi connectivity index (χ1v) is 7.25. The zero-order chi connectivity index (χ0) is 13.4. The molecule has 1 aliphatic carbocycles. The summed E-state index contributed by atoms with van der Waals surface area (Å²) < 4.78 is 40.8. The van der Waals surface area contributed by atoms with Crippen molar-refractivity contribution in [3.63, 3.8) is 0 Å². The molecule has 0 aliphatic heterocycles. The fraction of sp³-hybridized carbons (Fsp3) is 0.818. The van der Waals surface area contributed by atoms with Crippen molar-refractivity contribution in [3.05, 3.63) is 12.2 Å². The molecule has 0 aromatic heterocycles. The summed E-state index contributed by atoms with van der Waals surface area (Å²) in [4.78, 5) is 0. The van der Waals surface area contributed by atoms with Gasteiger partial charge in [-0.3, -0.25) is 4.18 Å². The molecule has 0 unspecified atom stereocenters. The molecule has 1 aliphatic rings. The van der Waals surface area contributed by atoms with E-state index in [0.717, 1.165) is 11.8 Å². The molecule has 1 saturated carbocycles. The Labute approximate surface area is 102 Å². The second-order valence-corrected chi connectivity index (χ2v) is 6.60. The van der Waals surface area contributed by atoms with E-state index in [4.69, 9.17) is 4.18 Å². The molecule has 0 bridgehead atoms. The monoisotopic (exact) mass is 266 g/mol. The maximum absolute atomic E-state index is 13.8. The highest BCUT2D eigenvalue weighted by atomic mass is 32.2. The van der Waals surface area contributed by atoms with Crippen LogP contribution in [0.1, 0.15) is 26.7 Å². The molecule has 0 saturated heterocycles. The summed E-state index contributed by atoms with van der Waals surface area (Å²) in [7, 11) is -3.72. The summed E-state index contributed by atoms with van der Waals surface area (Å²) >= 11 is 0.